The van der Waals surface area contributed by atoms with E-state index in [-0.39, 0.29) is 6.04 Å². The van der Waals surface area contributed by atoms with Gasteiger partial charge in [-0.15, -0.1) is 0 Å². The molecule has 1 aromatic carbocycles. The third-order valence-corrected chi connectivity index (χ3v) is 2.67. The number of hydrogen-bond acceptors (Lipinski definition) is 2. The van der Waals surface area contributed by atoms with Crippen molar-refractivity contribution in [3.05, 3.63) is 28.8 Å². The summed E-state index contributed by atoms with van der Waals surface area (Å²) in [6.45, 7) is 5.15. The van der Waals surface area contributed by atoms with E-state index in [4.69, 9.17) is 11.6 Å². The number of rotatable bonds is 5. The smallest absolute Gasteiger partial charge is 0.120 e. The zero-order valence-electron chi connectivity index (χ0n) is 9.26. The summed E-state index contributed by atoms with van der Waals surface area (Å²) in [4.78, 5) is 0. The molecule has 2 N–H and O–H groups in total. The lowest BCUT2D eigenvalue weighted by molar-refractivity contribution is 0.451. The maximum Gasteiger partial charge on any atom is 0.120 e. The molecule has 0 spiro atoms. The van der Waals surface area contributed by atoms with Gasteiger partial charge in [-0.1, -0.05) is 24.9 Å². The zero-order valence-corrected chi connectivity index (χ0v) is 10.0. The topological polar surface area (TPSA) is 32.3 Å². The van der Waals surface area contributed by atoms with Crippen molar-refractivity contribution in [2.75, 3.05) is 6.54 Å². The Bertz CT molecular complexity index is 314. The number of benzene rings is 1. The van der Waals surface area contributed by atoms with Crippen LogP contribution >= 0.6 is 11.6 Å². The second kappa shape index (κ2) is 5.99. The van der Waals surface area contributed by atoms with Crippen molar-refractivity contribution >= 4 is 11.6 Å². The third kappa shape index (κ3) is 3.73. The van der Waals surface area contributed by atoms with Crippen molar-refractivity contribution in [2.24, 2.45) is 0 Å². The van der Waals surface area contributed by atoms with Gasteiger partial charge in [0.1, 0.15) is 5.75 Å². The number of phenols is 1. The Kier molecular flexibility index (Phi) is 4.92. The van der Waals surface area contributed by atoms with Crippen LogP contribution in [-0.4, -0.2) is 11.7 Å². The van der Waals surface area contributed by atoms with Crippen LogP contribution in [0.5, 0.6) is 5.75 Å². The average Bonchev–Trinajstić information content (AvgIpc) is 2.22. The summed E-state index contributed by atoms with van der Waals surface area (Å²) in [6, 6.07) is 5.27. The summed E-state index contributed by atoms with van der Waals surface area (Å²) in [5, 5.41) is 13.7. The van der Waals surface area contributed by atoms with Crippen LogP contribution in [0.3, 0.4) is 0 Å². The predicted octanol–water partition coefficient (Wildman–Crippen LogP) is 3.50. The lowest BCUT2D eigenvalue weighted by Crippen LogP contribution is -2.19. The van der Waals surface area contributed by atoms with Gasteiger partial charge in [0, 0.05) is 16.6 Å². The Morgan fingerprint density at radius 3 is 2.87 bits per heavy atom. The van der Waals surface area contributed by atoms with Gasteiger partial charge in [-0.3, -0.25) is 0 Å². The van der Waals surface area contributed by atoms with Gasteiger partial charge in [0.05, 0.1) is 0 Å². The number of aromatic hydroxyl groups is 1. The fourth-order valence-corrected chi connectivity index (χ4v) is 1.66. The monoisotopic (exact) mass is 227 g/mol. The fraction of sp³-hybridized carbons (Fsp3) is 0.500. The minimum Gasteiger partial charge on any atom is -0.508 e. The number of unbranched alkanes of at least 4 members (excludes halogenated alkanes) is 1. The van der Waals surface area contributed by atoms with Gasteiger partial charge in [-0.2, -0.15) is 0 Å². The first-order valence-corrected chi connectivity index (χ1v) is 5.74. The molecule has 0 saturated heterocycles. The first kappa shape index (κ1) is 12.3. The van der Waals surface area contributed by atoms with E-state index < -0.39 is 0 Å². The summed E-state index contributed by atoms with van der Waals surface area (Å²) < 4.78 is 0. The van der Waals surface area contributed by atoms with E-state index >= 15 is 0 Å². The summed E-state index contributed by atoms with van der Waals surface area (Å²) >= 11 is 5.88. The average molecular weight is 228 g/mol. The SMILES string of the molecule is CCCCNC(C)c1cc(Cl)ccc1O. The van der Waals surface area contributed by atoms with Gasteiger partial charge >= 0.3 is 0 Å². The molecule has 0 aliphatic heterocycles. The number of hydrogen-bond donors (Lipinski definition) is 2. The maximum atomic E-state index is 9.66. The largest absolute Gasteiger partial charge is 0.508 e. The van der Waals surface area contributed by atoms with Crippen molar-refractivity contribution < 1.29 is 5.11 Å². The van der Waals surface area contributed by atoms with Crippen molar-refractivity contribution in [2.45, 2.75) is 32.7 Å². The molecule has 0 bridgehead atoms. The van der Waals surface area contributed by atoms with Crippen molar-refractivity contribution in [3.8, 4) is 5.75 Å². The molecule has 0 amide bonds. The molecule has 0 aliphatic rings. The lowest BCUT2D eigenvalue weighted by atomic mass is 10.1. The van der Waals surface area contributed by atoms with E-state index in [1.54, 1.807) is 18.2 Å². The molecule has 0 fully saturated rings. The molecule has 0 heterocycles. The highest BCUT2D eigenvalue weighted by atomic mass is 35.5. The van der Waals surface area contributed by atoms with E-state index in [9.17, 15) is 5.11 Å². The van der Waals surface area contributed by atoms with Gasteiger partial charge in [0.15, 0.2) is 0 Å². The van der Waals surface area contributed by atoms with E-state index in [0.717, 1.165) is 18.5 Å². The molecule has 0 saturated carbocycles. The molecular weight excluding hydrogens is 210 g/mol. The first-order valence-electron chi connectivity index (χ1n) is 5.37. The van der Waals surface area contributed by atoms with Gasteiger partial charge in [0.2, 0.25) is 0 Å². The van der Waals surface area contributed by atoms with Crippen LogP contribution in [0.1, 0.15) is 38.3 Å². The maximum absolute atomic E-state index is 9.66. The van der Waals surface area contributed by atoms with E-state index in [2.05, 4.69) is 12.2 Å². The highest BCUT2D eigenvalue weighted by Gasteiger charge is 2.09. The minimum absolute atomic E-state index is 0.134. The fourth-order valence-electron chi connectivity index (χ4n) is 1.48. The number of nitrogens with one attached hydrogen (secondary N) is 1. The van der Waals surface area contributed by atoms with E-state index in [0.29, 0.717) is 10.8 Å². The highest BCUT2D eigenvalue weighted by Crippen LogP contribution is 2.26. The molecule has 2 nitrogen and oxygen atoms in total. The van der Waals surface area contributed by atoms with Crippen LogP contribution in [0.25, 0.3) is 0 Å². The summed E-state index contributed by atoms with van der Waals surface area (Å²) in [6.07, 6.45) is 2.31. The zero-order chi connectivity index (χ0) is 11.3. The molecular formula is C12H18ClNO. The molecule has 3 heteroatoms. The Labute approximate surface area is 96.3 Å². The van der Waals surface area contributed by atoms with Crippen LogP contribution in [0.15, 0.2) is 18.2 Å². The standard InChI is InChI=1S/C12H18ClNO/c1-3-4-7-14-9(2)11-8-10(13)5-6-12(11)15/h5-6,8-9,14-15H,3-4,7H2,1-2H3. The molecule has 1 atom stereocenters. The summed E-state index contributed by atoms with van der Waals surface area (Å²) in [5.41, 5.74) is 0.860. The minimum atomic E-state index is 0.134. The predicted molar refractivity (Wildman–Crippen MR) is 64.4 cm³/mol. The van der Waals surface area contributed by atoms with Crippen LogP contribution in [0.2, 0.25) is 5.02 Å². The summed E-state index contributed by atoms with van der Waals surface area (Å²) in [7, 11) is 0. The van der Waals surface area contributed by atoms with Crippen molar-refractivity contribution in [1.29, 1.82) is 0 Å². The molecule has 1 aromatic rings. The van der Waals surface area contributed by atoms with Gasteiger partial charge in [-0.25, -0.2) is 0 Å². The molecule has 15 heavy (non-hydrogen) atoms. The van der Waals surface area contributed by atoms with E-state index in [1.807, 2.05) is 6.92 Å². The molecule has 1 rings (SSSR count). The van der Waals surface area contributed by atoms with Crippen LogP contribution in [0.4, 0.5) is 0 Å². The second-order valence-corrected chi connectivity index (χ2v) is 4.17. The normalized spacial score (nSPS) is 12.7. The molecule has 0 aromatic heterocycles. The Morgan fingerprint density at radius 1 is 1.47 bits per heavy atom. The Hall–Kier alpha value is -0.730. The van der Waals surface area contributed by atoms with Gasteiger partial charge < -0.3 is 10.4 Å². The Balaban J connectivity index is 2.64. The second-order valence-electron chi connectivity index (χ2n) is 3.73. The van der Waals surface area contributed by atoms with Gasteiger partial charge in [-0.05, 0) is 38.1 Å². The third-order valence-electron chi connectivity index (χ3n) is 2.44. The molecule has 0 radical (unpaired) electrons. The van der Waals surface area contributed by atoms with E-state index in [1.165, 1.54) is 6.42 Å². The molecule has 84 valence electrons. The molecule has 0 aliphatic carbocycles. The highest BCUT2D eigenvalue weighted by molar-refractivity contribution is 6.30. The quantitative estimate of drug-likeness (QED) is 0.755. The van der Waals surface area contributed by atoms with Crippen molar-refractivity contribution in [3.63, 3.8) is 0 Å². The van der Waals surface area contributed by atoms with Crippen molar-refractivity contribution in [1.82, 2.24) is 5.32 Å². The van der Waals surface area contributed by atoms with Crippen LogP contribution in [0, 0.1) is 0 Å². The molecule has 1 unspecified atom stereocenters. The first-order chi connectivity index (χ1) is 7.15. The lowest BCUT2D eigenvalue weighted by Gasteiger charge is -2.15. The Morgan fingerprint density at radius 2 is 2.20 bits per heavy atom. The number of halogens is 1. The summed E-state index contributed by atoms with van der Waals surface area (Å²) in [5.74, 6) is 0.302. The van der Waals surface area contributed by atoms with Crippen LogP contribution < -0.4 is 5.32 Å². The number of phenolic OH excluding ortho intramolecular Hbond substituents is 1. The van der Waals surface area contributed by atoms with Gasteiger partial charge in [0.25, 0.3) is 0 Å². The van der Waals surface area contributed by atoms with Crippen LogP contribution in [-0.2, 0) is 0 Å².